The Kier molecular flexibility index (Phi) is 2.56. The number of nitrogens with two attached hydrogens (primary N) is 1. The molecule has 0 saturated heterocycles. The standard InChI is InChI=1S/C16H21N3O/c17-14-13(2-1-3-18-14)15(20)19-16-7-10-4-11(8-16)6-12(5-10)9-16/h1-3,10-12H,4-9H2,(H2,17,18)(H,19,20). The predicted molar refractivity (Wildman–Crippen MR) is 77.0 cm³/mol. The molecule has 5 rings (SSSR count). The number of aromatic nitrogens is 1. The van der Waals surface area contributed by atoms with E-state index in [4.69, 9.17) is 5.73 Å². The maximum atomic E-state index is 12.5. The fraction of sp³-hybridized carbons (Fsp3) is 0.625. The van der Waals surface area contributed by atoms with Crippen molar-refractivity contribution in [3.8, 4) is 0 Å². The summed E-state index contributed by atoms with van der Waals surface area (Å²) >= 11 is 0. The number of hydrogen-bond acceptors (Lipinski definition) is 3. The molecule has 0 unspecified atom stereocenters. The quantitative estimate of drug-likeness (QED) is 0.867. The topological polar surface area (TPSA) is 68.0 Å². The summed E-state index contributed by atoms with van der Waals surface area (Å²) in [6.45, 7) is 0. The molecule has 0 spiro atoms. The smallest absolute Gasteiger partial charge is 0.255 e. The van der Waals surface area contributed by atoms with Crippen LogP contribution in [0.3, 0.4) is 0 Å². The van der Waals surface area contributed by atoms with Crippen molar-refractivity contribution in [2.24, 2.45) is 17.8 Å². The Labute approximate surface area is 119 Å². The molecule has 4 saturated carbocycles. The van der Waals surface area contributed by atoms with Crippen molar-refractivity contribution >= 4 is 11.7 Å². The van der Waals surface area contributed by atoms with Gasteiger partial charge in [0.05, 0.1) is 5.56 Å². The minimum absolute atomic E-state index is 0.0358. The van der Waals surface area contributed by atoms with Gasteiger partial charge in [0.1, 0.15) is 5.82 Å². The van der Waals surface area contributed by atoms with E-state index in [0.717, 1.165) is 37.0 Å². The summed E-state index contributed by atoms with van der Waals surface area (Å²) in [6, 6.07) is 3.53. The number of nitrogens with zero attached hydrogens (tertiary/aromatic N) is 1. The van der Waals surface area contributed by atoms with Crippen molar-refractivity contribution in [2.45, 2.75) is 44.1 Å². The number of carbonyl (C=O) groups excluding carboxylic acids is 1. The lowest BCUT2D eigenvalue weighted by molar-refractivity contribution is -0.0166. The first-order chi connectivity index (χ1) is 9.63. The van der Waals surface area contributed by atoms with Crippen molar-refractivity contribution < 1.29 is 4.79 Å². The lowest BCUT2D eigenvalue weighted by atomic mass is 9.53. The van der Waals surface area contributed by atoms with Crippen LogP contribution < -0.4 is 11.1 Å². The van der Waals surface area contributed by atoms with Crippen LogP contribution in [0.15, 0.2) is 18.3 Å². The normalized spacial score (nSPS) is 37.9. The number of nitrogens with one attached hydrogen (secondary N) is 1. The molecule has 1 aromatic rings. The highest BCUT2D eigenvalue weighted by molar-refractivity contribution is 5.98. The van der Waals surface area contributed by atoms with Crippen molar-refractivity contribution in [1.82, 2.24) is 10.3 Å². The minimum Gasteiger partial charge on any atom is -0.383 e. The van der Waals surface area contributed by atoms with E-state index in [0.29, 0.717) is 11.4 Å². The van der Waals surface area contributed by atoms with Gasteiger partial charge >= 0.3 is 0 Å². The molecule has 1 heterocycles. The van der Waals surface area contributed by atoms with Gasteiger partial charge in [-0.05, 0) is 68.4 Å². The number of carbonyl (C=O) groups is 1. The molecule has 4 nitrogen and oxygen atoms in total. The number of hydrogen-bond donors (Lipinski definition) is 2. The summed E-state index contributed by atoms with van der Waals surface area (Å²) in [6.07, 6.45) is 9.23. The van der Waals surface area contributed by atoms with Gasteiger partial charge < -0.3 is 11.1 Å². The summed E-state index contributed by atoms with van der Waals surface area (Å²) in [5, 5.41) is 3.32. The highest BCUT2D eigenvalue weighted by Gasteiger charge is 2.51. The molecule has 4 aliphatic rings. The molecule has 4 bridgehead atoms. The maximum Gasteiger partial charge on any atom is 0.255 e. The third-order valence-electron chi connectivity index (χ3n) is 5.50. The highest BCUT2D eigenvalue weighted by Crippen LogP contribution is 2.55. The average molecular weight is 271 g/mol. The van der Waals surface area contributed by atoms with E-state index >= 15 is 0 Å². The Bertz CT molecular complexity index is 519. The van der Waals surface area contributed by atoms with Crippen LogP contribution in [0.25, 0.3) is 0 Å². The molecule has 0 aliphatic heterocycles. The Hall–Kier alpha value is -1.58. The van der Waals surface area contributed by atoms with Gasteiger partial charge in [0.25, 0.3) is 5.91 Å². The molecule has 106 valence electrons. The van der Waals surface area contributed by atoms with E-state index in [2.05, 4.69) is 10.3 Å². The van der Waals surface area contributed by atoms with Gasteiger partial charge in [0, 0.05) is 11.7 Å². The summed E-state index contributed by atoms with van der Waals surface area (Å²) < 4.78 is 0. The van der Waals surface area contributed by atoms with Gasteiger partial charge in [-0.25, -0.2) is 4.98 Å². The first kappa shape index (κ1) is 12.2. The molecular formula is C16H21N3O. The monoisotopic (exact) mass is 271 g/mol. The molecule has 4 aliphatic carbocycles. The van der Waals surface area contributed by atoms with Crippen LogP contribution in [0, 0.1) is 17.8 Å². The Balaban J connectivity index is 1.57. The highest BCUT2D eigenvalue weighted by atomic mass is 16.1. The second-order valence-electron chi connectivity index (χ2n) is 7.09. The summed E-state index contributed by atoms with van der Waals surface area (Å²) in [7, 11) is 0. The first-order valence-corrected chi connectivity index (χ1v) is 7.66. The minimum atomic E-state index is -0.0439. The van der Waals surface area contributed by atoms with Crippen molar-refractivity contribution in [3.63, 3.8) is 0 Å². The van der Waals surface area contributed by atoms with Gasteiger partial charge in [0.15, 0.2) is 0 Å². The number of pyridine rings is 1. The Morgan fingerprint density at radius 3 is 2.35 bits per heavy atom. The number of anilines is 1. The van der Waals surface area contributed by atoms with Gasteiger partial charge in [-0.15, -0.1) is 0 Å². The first-order valence-electron chi connectivity index (χ1n) is 7.66. The van der Waals surface area contributed by atoms with Crippen LogP contribution in [0.5, 0.6) is 0 Å². The number of rotatable bonds is 2. The number of amides is 1. The molecule has 0 radical (unpaired) electrons. The molecular weight excluding hydrogens is 250 g/mol. The van der Waals surface area contributed by atoms with E-state index in [1.54, 1.807) is 18.3 Å². The molecule has 0 aromatic carbocycles. The molecule has 4 fully saturated rings. The average Bonchev–Trinajstić information content (AvgIpc) is 2.36. The Morgan fingerprint density at radius 2 is 1.80 bits per heavy atom. The summed E-state index contributed by atoms with van der Waals surface area (Å²) in [4.78, 5) is 16.5. The number of nitrogen functional groups attached to an aromatic ring is 1. The van der Waals surface area contributed by atoms with Gasteiger partial charge in [0.2, 0.25) is 0 Å². The van der Waals surface area contributed by atoms with Gasteiger partial charge in [-0.3, -0.25) is 4.79 Å². The second-order valence-corrected chi connectivity index (χ2v) is 7.09. The fourth-order valence-corrected chi connectivity index (χ4v) is 5.18. The van der Waals surface area contributed by atoms with Crippen LogP contribution in [0.1, 0.15) is 48.9 Å². The zero-order chi connectivity index (χ0) is 13.7. The Morgan fingerprint density at radius 1 is 1.20 bits per heavy atom. The van der Waals surface area contributed by atoms with E-state index in [1.807, 2.05) is 0 Å². The largest absolute Gasteiger partial charge is 0.383 e. The lowest BCUT2D eigenvalue weighted by Crippen LogP contribution is -2.59. The van der Waals surface area contributed by atoms with Crippen LogP contribution in [-0.2, 0) is 0 Å². The predicted octanol–water partition coefficient (Wildman–Crippen LogP) is 2.36. The lowest BCUT2D eigenvalue weighted by Gasteiger charge is -2.56. The molecule has 4 heteroatoms. The van der Waals surface area contributed by atoms with Crippen molar-refractivity contribution in [1.29, 1.82) is 0 Å². The second kappa shape index (κ2) is 4.21. The van der Waals surface area contributed by atoms with E-state index in [-0.39, 0.29) is 11.4 Å². The van der Waals surface area contributed by atoms with E-state index in [1.165, 1.54) is 19.3 Å². The molecule has 1 aromatic heterocycles. The van der Waals surface area contributed by atoms with Crippen molar-refractivity contribution in [3.05, 3.63) is 23.9 Å². The SMILES string of the molecule is Nc1ncccc1C(=O)NC12CC3CC(CC(C3)C1)C2. The zero-order valence-corrected chi connectivity index (χ0v) is 11.6. The zero-order valence-electron chi connectivity index (χ0n) is 11.6. The molecule has 1 amide bonds. The van der Waals surface area contributed by atoms with Crippen LogP contribution in [-0.4, -0.2) is 16.4 Å². The van der Waals surface area contributed by atoms with E-state index < -0.39 is 0 Å². The summed E-state index contributed by atoms with van der Waals surface area (Å²) in [5.74, 6) is 2.76. The van der Waals surface area contributed by atoms with Crippen LogP contribution in [0.2, 0.25) is 0 Å². The van der Waals surface area contributed by atoms with Crippen LogP contribution >= 0.6 is 0 Å². The molecule has 20 heavy (non-hydrogen) atoms. The fourth-order valence-electron chi connectivity index (χ4n) is 5.18. The molecule has 3 N–H and O–H groups in total. The molecule has 0 atom stereocenters. The van der Waals surface area contributed by atoms with Crippen molar-refractivity contribution in [2.75, 3.05) is 5.73 Å². The van der Waals surface area contributed by atoms with Crippen LogP contribution in [0.4, 0.5) is 5.82 Å². The summed E-state index contributed by atoms with van der Waals surface area (Å²) in [5.41, 5.74) is 6.37. The maximum absolute atomic E-state index is 12.5. The van der Waals surface area contributed by atoms with Gasteiger partial charge in [-0.2, -0.15) is 0 Å². The third kappa shape index (κ3) is 1.89. The third-order valence-corrected chi connectivity index (χ3v) is 5.50. The van der Waals surface area contributed by atoms with E-state index in [9.17, 15) is 4.79 Å². The van der Waals surface area contributed by atoms with Gasteiger partial charge in [-0.1, -0.05) is 0 Å².